The second kappa shape index (κ2) is 6.90. The molecule has 0 aliphatic heterocycles. The van der Waals surface area contributed by atoms with E-state index < -0.39 is 0 Å². The lowest BCUT2D eigenvalue weighted by Crippen LogP contribution is -2.22. The normalized spacial score (nSPS) is 10.9. The van der Waals surface area contributed by atoms with Gasteiger partial charge in [0.15, 0.2) is 0 Å². The zero-order chi connectivity index (χ0) is 19.0. The molecule has 0 radical (unpaired) electrons. The first-order valence-electron chi connectivity index (χ1n) is 8.58. The molecule has 0 bridgehead atoms. The molecule has 27 heavy (non-hydrogen) atoms. The summed E-state index contributed by atoms with van der Waals surface area (Å²) in [5, 5.41) is 2.42. The molecule has 0 unspecified atom stereocenters. The van der Waals surface area contributed by atoms with Crippen molar-refractivity contribution in [3.05, 3.63) is 69.6 Å². The third-order valence-electron chi connectivity index (χ3n) is 4.51. The molecule has 0 fully saturated rings. The minimum absolute atomic E-state index is 0.155. The summed E-state index contributed by atoms with van der Waals surface area (Å²) in [6.07, 6.45) is 1.74. The highest BCUT2D eigenvalue weighted by molar-refractivity contribution is 6.29. The van der Waals surface area contributed by atoms with Crippen LogP contribution in [0.15, 0.2) is 47.4 Å². The molecule has 4 rings (SSSR count). The van der Waals surface area contributed by atoms with Gasteiger partial charge in [-0.05, 0) is 43.0 Å². The van der Waals surface area contributed by atoms with Crippen LogP contribution < -0.4 is 5.56 Å². The minimum Gasteiger partial charge on any atom is -0.308 e. The number of nitrogens with zero attached hydrogens (tertiary/aromatic N) is 4. The van der Waals surface area contributed by atoms with Crippen LogP contribution in [0.5, 0.6) is 0 Å². The quantitative estimate of drug-likeness (QED) is 0.511. The van der Waals surface area contributed by atoms with Gasteiger partial charge in [-0.1, -0.05) is 30.2 Å². The number of hydrogen-bond donors (Lipinski definition) is 0. The van der Waals surface area contributed by atoms with Gasteiger partial charge in [0, 0.05) is 17.3 Å². The number of hydrogen-bond acceptors (Lipinski definition) is 3. The molecular formula is C21H17ClN4O. The third kappa shape index (κ3) is 3.09. The van der Waals surface area contributed by atoms with E-state index in [4.69, 9.17) is 11.6 Å². The number of imidazole rings is 1. The van der Waals surface area contributed by atoms with Gasteiger partial charge in [-0.3, -0.25) is 14.3 Å². The first-order valence-corrected chi connectivity index (χ1v) is 8.96. The summed E-state index contributed by atoms with van der Waals surface area (Å²) < 4.78 is 3.29. The smallest absolute Gasteiger partial charge is 0.277 e. The van der Waals surface area contributed by atoms with Crippen molar-refractivity contribution in [2.24, 2.45) is 0 Å². The van der Waals surface area contributed by atoms with Crippen molar-refractivity contribution in [3.63, 3.8) is 0 Å². The predicted octanol–water partition coefficient (Wildman–Crippen LogP) is 3.78. The van der Waals surface area contributed by atoms with Gasteiger partial charge in [0.25, 0.3) is 5.56 Å². The van der Waals surface area contributed by atoms with Crippen molar-refractivity contribution in [3.8, 4) is 11.8 Å². The molecule has 0 spiro atoms. The van der Waals surface area contributed by atoms with Crippen LogP contribution in [0.3, 0.4) is 0 Å². The minimum atomic E-state index is -0.155. The Kier molecular flexibility index (Phi) is 4.43. The summed E-state index contributed by atoms with van der Waals surface area (Å²) in [6, 6.07) is 11.9. The largest absolute Gasteiger partial charge is 0.308 e. The molecule has 3 heterocycles. The summed E-state index contributed by atoms with van der Waals surface area (Å²) >= 11 is 6.21. The summed E-state index contributed by atoms with van der Waals surface area (Å²) in [5.74, 6) is 5.76. The van der Waals surface area contributed by atoms with Crippen molar-refractivity contribution in [1.82, 2.24) is 19.1 Å². The van der Waals surface area contributed by atoms with Crippen LogP contribution in [0.2, 0.25) is 5.28 Å². The molecule has 6 heteroatoms. The molecule has 0 saturated heterocycles. The summed E-state index contributed by atoms with van der Waals surface area (Å²) in [5.41, 5.74) is 2.65. The molecule has 0 saturated carbocycles. The Balaban J connectivity index is 1.87. The molecule has 5 nitrogen and oxygen atoms in total. The average Bonchev–Trinajstić information content (AvgIpc) is 2.98. The Morgan fingerprint density at radius 2 is 2.00 bits per heavy atom. The molecule has 4 aromatic rings. The Hall–Kier alpha value is -3.10. The third-order valence-corrected chi connectivity index (χ3v) is 4.79. The van der Waals surface area contributed by atoms with E-state index in [1.807, 2.05) is 31.2 Å². The van der Waals surface area contributed by atoms with Gasteiger partial charge in [-0.25, -0.2) is 4.98 Å². The number of aryl methyl sites for hydroxylation is 1. The van der Waals surface area contributed by atoms with Gasteiger partial charge < -0.3 is 4.57 Å². The van der Waals surface area contributed by atoms with Crippen molar-refractivity contribution < 1.29 is 0 Å². The van der Waals surface area contributed by atoms with Crippen LogP contribution in [-0.4, -0.2) is 19.1 Å². The van der Waals surface area contributed by atoms with Crippen molar-refractivity contribution >= 4 is 33.4 Å². The SMILES string of the molecule is CC#CCn1c(Cl)nc2ccn(Cc3nc(C)cc4ccccc34)c(=O)c21. The Labute approximate surface area is 161 Å². The van der Waals surface area contributed by atoms with Gasteiger partial charge in [0.1, 0.15) is 5.52 Å². The zero-order valence-corrected chi connectivity index (χ0v) is 15.8. The molecule has 0 aliphatic carbocycles. The first kappa shape index (κ1) is 17.3. The highest BCUT2D eigenvalue weighted by Gasteiger charge is 2.14. The fraction of sp³-hybridized carbons (Fsp3) is 0.190. The van der Waals surface area contributed by atoms with E-state index in [9.17, 15) is 4.79 Å². The molecule has 0 aliphatic rings. The van der Waals surface area contributed by atoms with E-state index in [-0.39, 0.29) is 10.8 Å². The maximum absolute atomic E-state index is 13.1. The predicted molar refractivity (Wildman–Crippen MR) is 108 cm³/mol. The monoisotopic (exact) mass is 376 g/mol. The number of aromatic nitrogens is 4. The fourth-order valence-corrected chi connectivity index (χ4v) is 3.51. The van der Waals surface area contributed by atoms with E-state index >= 15 is 0 Å². The lowest BCUT2D eigenvalue weighted by molar-refractivity contribution is 0.741. The van der Waals surface area contributed by atoms with Crippen LogP contribution in [0.4, 0.5) is 0 Å². The van der Waals surface area contributed by atoms with Gasteiger partial charge in [-0.2, -0.15) is 0 Å². The summed E-state index contributed by atoms with van der Waals surface area (Å²) in [7, 11) is 0. The Morgan fingerprint density at radius 1 is 1.19 bits per heavy atom. The molecular weight excluding hydrogens is 360 g/mol. The first-order chi connectivity index (χ1) is 13.1. The maximum atomic E-state index is 13.1. The van der Waals surface area contributed by atoms with Crippen molar-refractivity contribution in [2.75, 3.05) is 0 Å². The molecule has 134 valence electrons. The second-order valence-corrected chi connectivity index (χ2v) is 6.65. The zero-order valence-electron chi connectivity index (χ0n) is 15.0. The van der Waals surface area contributed by atoms with Crippen LogP contribution >= 0.6 is 11.6 Å². The number of rotatable bonds is 3. The second-order valence-electron chi connectivity index (χ2n) is 6.31. The van der Waals surface area contributed by atoms with Crippen molar-refractivity contribution in [1.29, 1.82) is 0 Å². The van der Waals surface area contributed by atoms with Gasteiger partial charge in [0.2, 0.25) is 5.28 Å². The molecule has 3 aromatic heterocycles. The fourth-order valence-electron chi connectivity index (χ4n) is 3.27. The van der Waals surface area contributed by atoms with Gasteiger partial charge in [0.05, 0.1) is 24.3 Å². The number of fused-ring (bicyclic) bond motifs is 2. The standard InChI is InChI=1S/C21H17ClN4O/c1-3-4-10-26-19-17(24-21(26)22)9-11-25(20(19)27)13-18-16-8-6-5-7-15(16)12-14(2)23-18/h5-9,11-12H,10,13H2,1-2H3. The molecule has 0 atom stereocenters. The highest BCUT2D eigenvalue weighted by Crippen LogP contribution is 2.20. The summed E-state index contributed by atoms with van der Waals surface area (Å²) in [6.45, 7) is 4.41. The van der Waals surface area contributed by atoms with Crippen LogP contribution in [0.1, 0.15) is 18.3 Å². The lowest BCUT2D eigenvalue weighted by atomic mass is 10.1. The van der Waals surface area contributed by atoms with E-state index in [1.54, 1.807) is 28.3 Å². The topological polar surface area (TPSA) is 52.7 Å². The van der Waals surface area contributed by atoms with Crippen LogP contribution in [0.25, 0.3) is 21.8 Å². The number of halogens is 1. The Morgan fingerprint density at radius 3 is 2.81 bits per heavy atom. The van der Waals surface area contributed by atoms with E-state index in [0.29, 0.717) is 24.1 Å². The highest BCUT2D eigenvalue weighted by atomic mass is 35.5. The number of pyridine rings is 2. The maximum Gasteiger partial charge on any atom is 0.277 e. The molecule has 0 amide bonds. The van der Waals surface area contributed by atoms with E-state index in [1.165, 1.54) is 0 Å². The van der Waals surface area contributed by atoms with Gasteiger partial charge >= 0.3 is 0 Å². The Bertz CT molecular complexity index is 1290. The molecule has 1 aromatic carbocycles. The average molecular weight is 377 g/mol. The summed E-state index contributed by atoms with van der Waals surface area (Å²) in [4.78, 5) is 22.1. The molecule has 0 N–H and O–H groups in total. The van der Waals surface area contributed by atoms with Crippen LogP contribution in [-0.2, 0) is 13.1 Å². The van der Waals surface area contributed by atoms with Crippen molar-refractivity contribution in [2.45, 2.75) is 26.9 Å². The lowest BCUT2D eigenvalue weighted by Gasteiger charge is -2.10. The van der Waals surface area contributed by atoms with E-state index in [0.717, 1.165) is 22.2 Å². The van der Waals surface area contributed by atoms with E-state index in [2.05, 4.69) is 27.9 Å². The number of benzene rings is 1. The van der Waals surface area contributed by atoms with Gasteiger partial charge in [-0.15, -0.1) is 5.92 Å². The van der Waals surface area contributed by atoms with Crippen LogP contribution in [0, 0.1) is 18.8 Å².